The number of hydrogen-bond acceptors (Lipinski definition) is 3. The van der Waals surface area contributed by atoms with E-state index >= 15 is 0 Å². The summed E-state index contributed by atoms with van der Waals surface area (Å²) in [5.41, 5.74) is 0.242. The van der Waals surface area contributed by atoms with Crippen molar-refractivity contribution in [3.63, 3.8) is 0 Å². The zero-order chi connectivity index (χ0) is 10.3. The Balaban J connectivity index is 1.96. The van der Waals surface area contributed by atoms with Gasteiger partial charge < -0.3 is 5.32 Å². The molecule has 1 aromatic heterocycles. The molecule has 3 atom stereocenters. The average Bonchev–Trinajstić information content (AvgIpc) is 2.94. The largest absolute Gasteiger partial charge is 0.305 e. The molecular formula is C12H18N2S. The highest BCUT2D eigenvalue weighted by molar-refractivity contribution is 7.09. The van der Waals surface area contributed by atoms with Crippen LogP contribution < -0.4 is 5.32 Å². The number of rotatable bonds is 3. The van der Waals surface area contributed by atoms with E-state index < -0.39 is 0 Å². The summed E-state index contributed by atoms with van der Waals surface area (Å²) in [7, 11) is 0. The van der Waals surface area contributed by atoms with E-state index in [2.05, 4.69) is 22.6 Å². The third-order valence-corrected chi connectivity index (χ3v) is 5.11. The van der Waals surface area contributed by atoms with E-state index in [4.69, 9.17) is 0 Å². The SMILES string of the molecule is CCNC1(c2nccs2)CC2CCC1C2. The highest BCUT2D eigenvalue weighted by atomic mass is 32.1. The second-order valence-electron chi connectivity index (χ2n) is 4.92. The maximum atomic E-state index is 4.56. The highest BCUT2D eigenvalue weighted by Crippen LogP contribution is 2.55. The van der Waals surface area contributed by atoms with Crippen LogP contribution in [0.4, 0.5) is 0 Å². The molecule has 1 heterocycles. The molecule has 2 aliphatic rings. The lowest BCUT2D eigenvalue weighted by Crippen LogP contribution is -2.46. The molecule has 3 rings (SSSR count). The first-order valence-corrected chi connectivity index (χ1v) is 6.88. The lowest BCUT2D eigenvalue weighted by molar-refractivity contribution is 0.213. The van der Waals surface area contributed by atoms with Crippen molar-refractivity contribution in [1.29, 1.82) is 0 Å². The summed E-state index contributed by atoms with van der Waals surface area (Å²) in [6.07, 6.45) is 7.54. The second kappa shape index (κ2) is 3.56. The van der Waals surface area contributed by atoms with E-state index in [1.165, 1.54) is 30.7 Å². The van der Waals surface area contributed by atoms with Gasteiger partial charge in [-0.1, -0.05) is 13.3 Å². The topological polar surface area (TPSA) is 24.9 Å². The van der Waals surface area contributed by atoms with Gasteiger partial charge in [0.15, 0.2) is 0 Å². The summed E-state index contributed by atoms with van der Waals surface area (Å²) in [5.74, 6) is 1.80. The van der Waals surface area contributed by atoms with Gasteiger partial charge in [-0.2, -0.15) is 0 Å². The molecule has 3 unspecified atom stereocenters. The van der Waals surface area contributed by atoms with Crippen molar-refractivity contribution in [1.82, 2.24) is 10.3 Å². The van der Waals surface area contributed by atoms with E-state index in [9.17, 15) is 0 Å². The van der Waals surface area contributed by atoms with E-state index in [1.54, 1.807) is 0 Å². The smallest absolute Gasteiger partial charge is 0.113 e. The first-order valence-electron chi connectivity index (χ1n) is 6.00. The van der Waals surface area contributed by atoms with Crippen LogP contribution in [-0.2, 0) is 5.54 Å². The second-order valence-corrected chi connectivity index (χ2v) is 5.81. The minimum absolute atomic E-state index is 0.242. The Hall–Kier alpha value is -0.410. The van der Waals surface area contributed by atoms with Gasteiger partial charge >= 0.3 is 0 Å². The van der Waals surface area contributed by atoms with Crippen molar-refractivity contribution in [2.45, 2.75) is 38.1 Å². The first-order chi connectivity index (χ1) is 7.35. The molecule has 82 valence electrons. The molecule has 2 aliphatic carbocycles. The first kappa shape index (κ1) is 9.79. The van der Waals surface area contributed by atoms with Gasteiger partial charge in [-0.3, -0.25) is 0 Å². The molecule has 0 saturated heterocycles. The zero-order valence-corrected chi connectivity index (χ0v) is 10.0. The molecule has 3 heteroatoms. The number of aromatic nitrogens is 1. The van der Waals surface area contributed by atoms with Gasteiger partial charge in [0.1, 0.15) is 5.01 Å². The van der Waals surface area contributed by atoms with Crippen LogP contribution in [0.15, 0.2) is 11.6 Å². The van der Waals surface area contributed by atoms with Gasteiger partial charge in [0.05, 0.1) is 5.54 Å². The van der Waals surface area contributed by atoms with Crippen LogP contribution in [-0.4, -0.2) is 11.5 Å². The third-order valence-electron chi connectivity index (χ3n) is 4.15. The molecule has 2 bridgehead atoms. The van der Waals surface area contributed by atoms with Crippen LogP contribution in [0.25, 0.3) is 0 Å². The maximum Gasteiger partial charge on any atom is 0.113 e. The Bertz CT molecular complexity index is 335. The van der Waals surface area contributed by atoms with E-state index in [0.29, 0.717) is 0 Å². The molecule has 15 heavy (non-hydrogen) atoms. The number of nitrogens with one attached hydrogen (secondary N) is 1. The number of thiazole rings is 1. The summed E-state index contributed by atoms with van der Waals surface area (Å²) >= 11 is 1.83. The average molecular weight is 222 g/mol. The summed E-state index contributed by atoms with van der Waals surface area (Å²) < 4.78 is 0. The Morgan fingerprint density at radius 3 is 3.07 bits per heavy atom. The Morgan fingerprint density at radius 2 is 2.53 bits per heavy atom. The summed E-state index contributed by atoms with van der Waals surface area (Å²) in [6.45, 7) is 3.27. The van der Waals surface area contributed by atoms with E-state index in [0.717, 1.165) is 18.4 Å². The predicted molar refractivity (Wildman–Crippen MR) is 62.9 cm³/mol. The Kier molecular flexibility index (Phi) is 2.33. The standard InChI is InChI=1S/C12H18N2S/c1-2-14-12(11-13-5-6-15-11)8-9-3-4-10(12)7-9/h5-6,9-10,14H,2-4,7-8H2,1H3. The number of nitrogens with zero attached hydrogens (tertiary/aromatic N) is 1. The summed E-state index contributed by atoms with van der Waals surface area (Å²) in [5, 5.41) is 7.18. The van der Waals surface area contributed by atoms with Gasteiger partial charge in [0.2, 0.25) is 0 Å². The van der Waals surface area contributed by atoms with Crippen molar-refractivity contribution in [3.05, 3.63) is 16.6 Å². The number of hydrogen-bond donors (Lipinski definition) is 1. The molecule has 2 nitrogen and oxygen atoms in total. The quantitative estimate of drug-likeness (QED) is 0.850. The van der Waals surface area contributed by atoms with Crippen LogP contribution in [0.1, 0.15) is 37.6 Å². The van der Waals surface area contributed by atoms with Crippen LogP contribution >= 0.6 is 11.3 Å². The third kappa shape index (κ3) is 1.36. The molecule has 1 aromatic rings. The van der Waals surface area contributed by atoms with Crippen molar-refractivity contribution < 1.29 is 0 Å². The van der Waals surface area contributed by atoms with Crippen molar-refractivity contribution in [2.24, 2.45) is 11.8 Å². The van der Waals surface area contributed by atoms with Gasteiger partial charge in [-0.05, 0) is 37.6 Å². The fraction of sp³-hybridized carbons (Fsp3) is 0.750. The van der Waals surface area contributed by atoms with Crippen LogP contribution in [0.3, 0.4) is 0 Å². The van der Waals surface area contributed by atoms with Gasteiger partial charge in [0.25, 0.3) is 0 Å². The van der Waals surface area contributed by atoms with Crippen LogP contribution in [0.2, 0.25) is 0 Å². The fourth-order valence-electron chi connectivity index (χ4n) is 3.64. The zero-order valence-electron chi connectivity index (χ0n) is 9.20. The summed E-state index contributed by atoms with van der Waals surface area (Å²) in [4.78, 5) is 4.56. The van der Waals surface area contributed by atoms with Gasteiger partial charge in [0, 0.05) is 11.6 Å². The lowest BCUT2D eigenvalue weighted by Gasteiger charge is -2.36. The predicted octanol–water partition coefficient (Wildman–Crippen LogP) is 2.77. The molecule has 2 fully saturated rings. The van der Waals surface area contributed by atoms with Gasteiger partial charge in [-0.15, -0.1) is 11.3 Å². The molecule has 2 saturated carbocycles. The Labute approximate surface area is 95.1 Å². The molecule has 0 aliphatic heterocycles. The minimum Gasteiger partial charge on any atom is -0.305 e. The minimum atomic E-state index is 0.242. The highest BCUT2D eigenvalue weighted by Gasteiger charge is 2.52. The summed E-state index contributed by atoms with van der Waals surface area (Å²) in [6, 6.07) is 0. The molecule has 1 N–H and O–H groups in total. The van der Waals surface area contributed by atoms with Crippen molar-refractivity contribution in [3.8, 4) is 0 Å². The lowest BCUT2D eigenvalue weighted by atomic mass is 9.81. The Morgan fingerprint density at radius 1 is 1.60 bits per heavy atom. The monoisotopic (exact) mass is 222 g/mol. The molecule has 0 radical (unpaired) electrons. The number of fused-ring (bicyclic) bond motifs is 2. The van der Waals surface area contributed by atoms with E-state index in [-0.39, 0.29) is 5.54 Å². The molecule has 0 amide bonds. The molecule has 0 aromatic carbocycles. The normalized spacial score (nSPS) is 38.7. The van der Waals surface area contributed by atoms with Crippen LogP contribution in [0, 0.1) is 11.8 Å². The maximum absolute atomic E-state index is 4.56. The molecule has 0 spiro atoms. The van der Waals surface area contributed by atoms with E-state index in [1.807, 2.05) is 17.5 Å². The van der Waals surface area contributed by atoms with Crippen LogP contribution in [0.5, 0.6) is 0 Å². The molecular weight excluding hydrogens is 204 g/mol. The van der Waals surface area contributed by atoms with Crippen molar-refractivity contribution in [2.75, 3.05) is 6.54 Å². The van der Waals surface area contributed by atoms with Gasteiger partial charge in [-0.25, -0.2) is 4.98 Å². The van der Waals surface area contributed by atoms with Crippen molar-refractivity contribution >= 4 is 11.3 Å². The fourth-order valence-corrected chi connectivity index (χ4v) is 4.55.